The highest BCUT2D eigenvalue weighted by Crippen LogP contribution is 2.32. The summed E-state index contributed by atoms with van der Waals surface area (Å²) in [6.07, 6.45) is 1.04. The minimum absolute atomic E-state index is 0.121. The average molecular weight is 335 g/mol. The summed E-state index contributed by atoms with van der Waals surface area (Å²) >= 11 is 0. The van der Waals surface area contributed by atoms with Crippen molar-refractivity contribution in [2.24, 2.45) is 0 Å². The Balaban J connectivity index is 1.62. The fourth-order valence-electron chi connectivity index (χ4n) is 3.08. The van der Waals surface area contributed by atoms with Crippen LogP contribution in [0.3, 0.4) is 0 Å². The largest absolute Gasteiger partial charge is 0.448 e. The molecular formula is C20H17NO4. The van der Waals surface area contributed by atoms with Gasteiger partial charge in [-0.2, -0.15) is 0 Å². The predicted molar refractivity (Wildman–Crippen MR) is 90.1 cm³/mol. The molecule has 0 spiro atoms. The third kappa shape index (κ3) is 2.94. The van der Waals surface area contributed by atoms with E-state index in [1.807, 2.05) is 60.7 Å². The van der Waals surface area contributed by atoms with Gasteiger partial charge in [0.2, 0.25) is 5.91 Å². The molecule has 1 atom stereocenters. The van der Waals surface area contributed by atoms with Crippen LogP contribution in [-0.4, -0.2) is 29.6 Å². The Labute approximate surface area is 145 Å². The molecular weight excluding hydrogens is 318 g/mol. The van der Waals surface area contributed by atoms with E-state index < -0.39 is 12.1 Å². The molecule has 0 bridgehead atoms. The number of ether oxygens (including phenoxy) is 2. The van der Waals surface area contributed by atoms with Crippen LogP contribution in [0.4, 0.5) is 0 Å². The normalized spacial score (nSPS) is 19.1. The van der Waals surface area contributed by atoms with E-state index in [0.29, 0.717) is 13.0 Å². The van der Waals surface area contributed by atoms with E-state index in [1.165, 1.54) is 4.90 Å². The second kappa shape index (κ2) is 6.53. The van der Waals surface area contributed by atoms with Crippen molar-refractivity contribution < 1.29 is 19.1 Å². The van der Waals surface area contributed by atoms with Crippen LogP contribution in [0.2, 0.25) is 0 Å². The standard InChI is InChI=1S/C20H17NO4/c22-17-13-18-21(17)16(11-12-24-18)20(23)25-19(14-7-3-1-4-8-14)15-9-5-2-6-10-15/h1-11,18-19H,12-13H2/t18-/m1/s1. The first-order chi connectivity index (χ1) is 12.2. The smallest absolute Gasteiger partial charge is 0.355 e. The summed E-state index contributed by atoms with van der Waals surface area (Å²) in [6, 6.07) is 19.1. The molecule has 5 nitrogen and oxygen atoms in total. The first-order valence-corrected chi connectivity index (χ1v) is 8.19. The molecule has 0 aliphatic carbocycles. The molecule has 1 fully saturated rings. The molecule has 1 amide bonds. The first-order valence-electron chi connectivity index (χ1n) is 8.19. The molecule has 2 aromatic rings. The van der Waals surface area contributed by atoms with Crippen molar-refractivity contribution >= 4 is 11.9 Å². The number of fused-ring (bicyclic) bond motifs is 1. The van der Waals surface area contributed by atoms with Gasteiger partial charge in [-0.1, -0.05) is 60.7 Å². The van der Waals surface area contributed by atoms with Crippen molar-refractivity contribution in [2.75, 3.05) is 6.61 Å². The van der Waals surface area contributed by atoms with Gasteiger partial charge in [0.1, 0.15) is 11.9 Å². The Morgan fingerprint density at radius 3 is 2.20 bits per heavy atom. The van der Waals surface area contributed by atoms with Gasteiger partial charge in [0.05, 0.1) is 13.0 Å². The molecule has 2 heterocycles. The fourth-order valence-corrected chi connectivity index (χ4v) is 3.08. The molecule has 2 aromatic carbocycles. The highest BCUT2D eigenvalue weighted by atomic mass is 16.5. The number of nitrogens with zero attached hydrogens (tertiary/aromatic N) is 1. The number of carbonyl (C=O) groups is 2. The molecule has 2 aliphatic heterocycles. The van der Waals surface area contributed by atoms with Gasteiger partial charge in [0.25, 0.3) is 0 Å². The lowest BCUT2D eigenvalue weighted by atomic mass is 10.0. The maximum Gasteiger partial charge on any atom is 0.355 e. The number of hydrogen-bond acceptors (Lipinski definition) is 4. The quantitative estimate of drug-likeness (QED) is 0.637. The number of esters is 1. The molecule has 0 radical (unpaired) electrons. The van der Waals surface area contributed by atoms with Gasteiger partial charge in [0.15, 0.2) is 6.10 Å². The van der Waals surface area contributed by atoms with Crippen LogP contribution in [0.15, 0.2) is 72.4 Å². The van der Waals surface area contributed by atoms with Gasteiger partial charge >= 0.3 is 5.97 Å². The second-order valence-corrected chi connectivity index (χ2v) is 5.95. The van der Waals surface area contributed by atoms with Crippen molar-refractivity contribution in [1.29, 1.82) is 0 Å². The van der Waals surface area contributed by atoms with Crippen molar-refractivity contribution in [3.63, 3.8) is 0 Å². The van der Waals surface area contributed by atoms with Crippen LogP contribution in [0.5, 0.6) is 0 Å². The van der Waals surface area contributed by atoms with Crippen LogP contribution in [0, 0.1) is 0 Å². The zero-order valence-corrected chi connectivity index (χ0v) is 13.5. The Morgan fingerprint density at radius 1 is 1.04 bits per heavy atom. The van der Waals surface area contributed by atoms with Crippen molar-refractivity contribution in [3.8, 4) is 0 Å². The van der Waals surface area contributed by atoms with E-state index in [4.69, 9.17) is 9.47 Å². The Kier molecular flexibility index (Phi) is 4.07. The summed E-state index contributed by atoms with van der Waals surface area (Å²) in [6.45, 7) is 0.306. The fraction of sp³-hybridized carbons (Fsp3) is 0.200. The topological polar surface area (TPSA) is 55.8 Å². The highest BCUT2D eigenvalue weighted by Gasteiger charge is 2.44. The lowest BCUT2D eigenvalue weighted by Gasteiger charge is -2.42. The zero-order chi connectivity index (χ0) is 17.2. The summed E-state index contributed by atoms with van der Waals surface area (Å²) in [5.74, 6) is -0.636. The molecule has 0 unspecified atom stereocenters. The van der Waals surface area contributed by atoms with Crippen molar-refractivity contribution in [2.45, 2.75) is 18.8 Å². The molecule has 5 heteroatoms. The summed E-state index contributed by atoms with van der Waals surface area (Å²) in [7, 11) is 0. The van der Waals surface area contributed by atoms with E-state index in [1.54, 1.807) is 6.08 Å². The minimum atomic E-state index is -0.534. The van der Waals surface area contributed by atoms with Gasteiger partial charge in [-0.15, -0.1) is 0 Å². The Hall–Kier alpha value is -2.92. The molecule has 0 saturated carbocycles. The third-order valence-electron chi connectivity index (χ3n) is 4.37. The third-order valence-corrected chi connectivity index (χ3v) is 4.37. The molecule has 126 valence electrons. The Morgan fingerprint density at radius 2 is 1.64 bits per heavy atom. The average Bonchev–Trinajstić information content (AvgIpc) is 2.66. The summed E-state index contributed by atoms with van der Waals surface area (Å²) in [4.78, 5) is 25.9. The number of β-lactam (4-membered cyclic amide) rings is 1. The zero-order valence-electron chi connectivity index (χ0n) is 13.5. The molecule has 0 aromatic heterocycles. The van der Waals surface area contributed by atoms with E-state index in [9.17, 15) is 9.59 Å². The van der Waals surface area contributed by atoms with Gasteiger partial charge < -0.3 is 9.47 Å². The van der Waals surface area contributed by atoms with Crippen LogP contribution in [-0.2, 0) is 19.1 Å². The second-order valence-electron chi connectivity index (χ2n) is 5.95. The maximum absolute atomic E-state index is 12.8. The Bertz CT molecular complexity index is 777. The van der Waals surface area contributed by atoms with Crippen LogP contribution >= 0.6 is 0 Å². The molecule has 2 aliphatic rings. The van der Waals surface area contributed by atoms with Crippen LogP contribution < -0.4 is 0 Å². The van der Waals surface area contributed by atoms with Gasteiger partial charge in [-0.05, 0) is 17.2 Å². The van der Waals surface area contributed by atoms with Gasteiger partial charge in [-0.25, -0.2) is 4.79 Å². The highest BCUT2D eigenvalue weighted by molar-refractivity contribution is 5.97. The van der Waals surface area contributed by atoms with E-state index in [0.717, 1.165) is 11.1 Å². The molecule has 1 saturated heterocycles. The minimum Gasteiger partial charge on any atom is -0.448 e. The number of benzene rings is 2. The summed E-state index contributed by atoms with van der Waals surface area (Å²) in [5.41, 5.74) is 2.02. The van der Waals surface area contributed by atoms with Gasteiger partial charge in [-0.3, -0.25) is 9.69 Å². The lowest BCUT2D eigenvalue weighted by molar-refractivity contribution is -0.176. The monoisotopic (exact) mass is 335 g/mol. The summed E-state index contributed by atoms with van der Waals surface area (Å²) < 4.78 is 11.2. The predicted octanol–water partition coefficient (Wildman–Crippen LogP) is 2.79. The van der Waals surface area contributed by atoms with E-state index >= 15 is 0 Å². The molecule has 0 N–H and O–H groups in total. The maximum atomic E-state index is 12.8. The number of rotatable bonds is 4. The van der Waals surface area contributed by atoms with E-state index in [-0.39, 0.29) is 17.8 Å². The van der Waals surface area contributed by atoms with Gasteiger partial charge in [0, 0.05) is 0 Å². The van der Waals surface area contributed by atoms with E-state index in [2.05, 4.69) is 0 Å². The lowest BCUT2D eigenvalue weighted by Crippen LogP contribution is -2.56. The SMILES string of the molecule is O=C(OC(c1ccccc1)c1ccccc1)C1=CCO[C@@H]2CC(=O)N12. The van der Waals surface area contributed by atoms with Crippen LogP contribution in [0.1, 0.15) is 23.7 Å². The van der Waals surface area contributed by atoms with Crippen LogP contribution in [0.25, 0.3) is 0 Å². The molecule has 4 rings (SSSR count). The number of amides is 1. The summed E-state index contributed by atoms with van der Waals surface area (Å²) in [5, 5.41) is 0. The van der Waals surface area contributed by atoms with Crippen molar-refractivity contribution in [3.05, 3.63) is 83.6 Å². The molecule has 25 heavy (non-hydrogen) atoms. The van der Waals surface area contributed by atoms with Crippen molar-refractivity contribution in [1.82, 2.24) is 4.90 Å². The number of hydrogen-bond donors (Lipinski definition) is 0. The first kappa shape index (κ1) is 15.6. The number of carbonyl (C=O) groups excluding carboxylic acids is 2.